The van der Waals surface area contributed by atoms with E-state index >= 15 is 0 Å². The second-order valence-corrected chi connectivity index (χ2v) is 7.29. The van der Waals surface area contributed by atoms with Crippen molar-refractivity contribution in [3.63, 3.8) is 0 Å². The van der Waals surface area contributed by atoms with Crippen molar-refractivity contribution in [3.05, 3.63) is 72.1 Å². The molecule has 1 fully saturated rings. The normalized spacial score (nSPS) is 14.0. The molecule has 4 heteroatoms. The summed E-state index contributed by atoms with van der Waals surface area (Å²) >= 11 is 1.82. The quantitative estimate of drug-likeness (QED) is 0.456. The third-order valence-electron chi connectivity index (χ3n) is 4.30. The van der Waals surface area contributed by atoms with E-state index in [-0.39, 0.29) is 0 Å². The standard InChI is InChI=1S/C20H21N3S/c1-3-8-16(9-4-1)10-7-15-24-20-22-21-19(17-13-14-17)23(20)18-11-5-2-6-12-18/h1-6,8-9,11-12,17H,7,10,13-15H2. The average Bonchev–Trinajstić information content (AvgIpc) is 3.40. The molecule has 2 aromatic carbocycles. The zero-order valence-corrected chi connectivity index (χ0v) is 14.5. The molecule has 3 aromatic rings. The van der Waals surface area contributed by atoms with Gasteiger partial charge in [0.15, 0.2) is 5.16 Å². The van der Waals surface area contributed by atoms with Crippen LogP contribution in [0, 0.1) is 0 Å². The third-order valence-corrected chi connectivity index (χ3v) is 5.31. The van der Waals surface area contributed by atoms with Crippen molar-refractivity contribution in [2.45, 2.75) is 36.8 Å². The molecule has 1 heterocycles. The van der Waals surface area contributed by atoms with Crippen molar-refractivity contribution >= 4 is 11.8 Å². The lowest BCUT2D eigenvalue weighted by Gasteiger charge is -2.09. The zero-order valence-electron chi connectivity index (χ0n) is 13.6. The Balaban J connectivity index is 1.45. The van der Waals surface area contributed by atoms with Gasteiger partial charge in [-0.05, 0) is 43.4 Å². The second-order valence-electron chi connectivity index (χ2n) is 6.22. The van der Waals surface area contributed by atoms with Gasteiger partial charge < -0.3 is 0 Å². The smallest absolute Gasteiger partial charge is 0.195 e. The number of thioether (sulfide) groups is 1. The molecule has 4 rings (SSSR count). The number of hydrogen-bond acceptors (Lipinski definition) is 3. The summed E-state index contributed by atoms with van der Waals surface area (Å²) in [6.07, 6.45) is 4.74. The van der Waals surface area contributed by atoms with Crippen LogP contribution in [0.5, 0.6) is 0 Å². The Labute approximate surface area is 147 Å². The van der Waals surface area contributed by atoms with E-state index in [0.717, 1.165) is 29.6 Å². The van der Waals surface area contributed by atoms with Crippen LogP contribution in [0.2, 0.25) is 0 Å². The highest BCUT2D eigenvalue weighted by molar-refractivity contribution is 7.99. The van der Waals surface area contributed by atoms with E-state index in [1.807, 2.05) is 11.8 Å². The van der Waals surface area contributed by atoms with Crippen molar-refractivity contribution in [2.75, 3.05) is 5.75 Å². The van der Waals surface area contributed by atoms with Crippen LogP contribution in [0.15, 0.2) is 65.8 Å². The third kappa shape index (κ3) is 3.54. The minimum atomic E-state index is 0.594. The first-order chi connectivity index (χ1) is 11.9. The first-order valence-electron chi connectivity index (χ1n) is 8.59. The van der Waals surface area contributed by atoms with Crippen LogP contribution in [0.25, 0.3) is 5.69 Å². The van der Waals surface area contributed by atoms with Gasteiger partial charge >= 0.3 is 0 Å². The monoisotopic (exact) mass is 335 g/mol. The molecule has 24 heavy (non-hydrogen) atoms. The summed E-state index contributed by atoms with van der Waals surface area (Å²) in [5.41, 5.74) is 2.58. The van der Waals surface area contributed by atoms with Gasteiger partial charge in [-0.3, -0.25) is 4.57 Å². The lowest BCUT2D eigenvalue weighted by atomic mass is 10.1. The van der Waals surface area contributed by atoms with Crippen molar-refractivity contribution in [1.29, 1.82) is 0 Å². The highest BCUT2D eigenvalue weighted by atomic mass is 32.2. The molecule has 0 N–H and O–H groups in total. The van der Waals surface area contributed by atoms with Crippen molar-refractivity contribution in [3.8, 4) is 5.69 Å². The van der Waals surface area contributed by atoms with Gasteiger partial charge in [-0.1, -0.05) is 60.3 Å². The summed E-state index contributed by atoms with van der Waals surface area (Å²) in [5, 5.41) is 9.98. The SMILES string of the molecule is c1ccc(CCCSc2nnc(C3CC3)n2-c2ccccc2)cc1. The number of nitrogens with zero attached hydrogens (tertiary/aromatic N) is 3. The van der Waals surface area contributed by atoms with Gasteiger partial charge in [0.25, 0.3) is 0 Å². The molecule has 1 aliphatic rings. The lowest BCUT2D eigenvalue weighted by molar-refractivity contribution is 0.827. The maximum Gasteiger partial charge on any atom is 0.195 e. The highest BCUT2D eigenvalue weighted by Gasteiger charge is 2.30. The first kappa shape index (κ1) is 15.5. The Morgan fingerprint density at radius 1 is 0.917 bits per heavy atom. The molecule has 0 unspecified atom stereocenters. The highest BCUT2D eigenvalue weighted by Crippen LogP contribution is 2.41. The van der Waals surface area contributed by atoms with Gasteiger partial charge in [0, 0.05) is 17.4 Å². The van der Waals surface area contributed by atoms with E-state index < -0.39 is 0 Å². The van der Waals surface area contributed by atoms with Crippen molar-refractivity contribution in [2.24, 2.45) is 0 Å². The first-order valence-corrected chi connectivity index (χ1v) is 9.58. The molecular weight excluding hydrogens is 314 g/mol. The molecule has 1 aliphatic carbocycles. The molecule has 0 saturated heterocycles. The number of hydrogen-bond donors (Lipinski definition) is 0. The van der Waals surface area contributed by atoms with Gasteiger partial charge in [0.05, 0.1) is 0 Å². The number of aryl methyl sites for hydroxylation is 1. The summed E-state index contributed by atoms with van der Waals surface area (Å²) < 4.78 is 2.25. The number of benzene rings is 2. The van der Waals surface area contributed by atoms with Crippen molar-refractivity contribution < 1.29 is 0 Å². The molecule has 3 nitrogen and oxygen atoms in total. The van der Waals surface area contributed by atoms with Crippen LogP contribution in [0.3, 0.4) is 0 Å². The predicted octanol–water partition coefficient (Wildman–Crippen LogP) is 4.87. The molecule has 1 saturated carbocycles. The predicted molar refractivity (Wildman–Crippen MR) is 98.8 cm³/mol. The van der Waals surface area contributed by atoms with Gasteiger partial charge in [-0.2, -0.15) is 0 Å². The van der Waals surface area contributed by atoms with Crippen LogP contribution >= 0.6 is 11.8 Å². The fraction of sp³-hybridized carbons (Fsp3) is 0.300. The van der Waals surface area contributed by atoms with E-state index in [9.17, 15) is 0 Å². The minimum Gasteiger partial charge on any atom is -0.274 e. The molecule has 0 atom stereocenters. The molecular formula is C20H21N3S. The topological polar surface area (TPSA) is 30.7 Å². The Bertz CT molecular complexity index is 779. The fourth-order valence-electron chi connectivity index (χ4n) is 2.88. The van der Waals surface area contributed by atoms with E-state index in [1.165, 1.54) is 24.1 Å². The molecule has 0 amide bonds. The molecule has 1 aromatic heterocycles. The average molecular weight is 335 g/mol. The Morgan fingerprint density at radius 3 is 2.33 bits per heavy atom. The largest absolute Gasteiger partial charge is 0.274 e. The molecule has 122 valence electrons. The summed E-state index contributed by atoms with van der Waals surface area (Å²) in [5.74, 6) is 2.79. The lowest BCUT2D eigenvalue weighted by Crippen LogP contribution is -2.02. The zero-order chi connectivity index (χ0) is 16.2. The number of para-hydroxylation sites is 1. The summed E-state index contributed by atoms with van der Waals surface area (Å²) in [4.78, 5) is 0. The molecule has 0 aliphatic heterocycles. The van der Waals surface area contributed by atoms with E-state index in [0.29, 0.717) is 5.92 Å². The summed E-state index contributed by atoms with van der Waals surface area (Å²) in [7, 11) is 0. The van der Waals surface area contributed by atoms with E-state index in [2.05, 4.69) is 75.4 Å². The van der Waals surface area contributed by atoms with Crippen LogP contribution in [0.4, 0.5) is 0 Å². The molecule has 0 bridgehead atoms. The molecule has 0 radical (unpaired) electrons. The van der Waals surface area contributed by atoms with E-state index in [1.54, 1.807) is 0 Å². The van der Waals surface area contributed by atoms with E-state index in [4.69, 9.17) is 0 Å². The van der Waals surface area contributed by atoms with Crippen LogP contribution in [0.1, 0.15) is 36.6 Å². The van der Waals surface area contributed by atoms with Crippen LogP contribution < -0.4 is 0 Å². The van der Waals surface area contributed by atoms with Crippen molar-refractivity contribution in [1.82, 2.24) is 14.8 Å². The Kier molecular flexibility index (Phi) is 4.65. The number of rotatable bonds is 7. The van der Waals surface area contributed by atoms with Crippen LogP contribution in [-0.4, -0.2) is 20.5 Å². The molecule has 0 spiro atoms. The second kappa shape index (κ2) is 7.22. The Hall–Kier alpha value is -2.07. The fourth-order valence-corrected chi connectivity index (χ4v) is 3.78. The summed E-state index contributed by atoms with van der Waals surface area (Å²) in [6, 6.07) is 21.2. The minimum absolute atomic E-state index is 0.594. The van der Waals surface area contributed by atoms with Gasteiger partial charge in [-0.15, -0.1) is 10.2 Å². The van der Waals surface area contributed by atoms with Gasteiger partial charge in [0.1, 0.15) is 5.82 Å². The van der Waals surface area contributed by atoms with Gasteiger partial charge in [-0.25, -0.2) is 0 Å². The summed E-state index contributed by atoms with van der Waals surface area (Å²) in [6.45, 7) is 0. The van der Waals surface area contributed by atoms with Crippen LogP contribution in [-0.2, 0) is 6.42 Å². The number of aromatic nitrogens is 3. The maximum absolute atomic E-state index is 4.48. The Morgan fingerprint density at radius 2 is 1.62 bits per heavy atom. The van der Waals surface area contributed by atoms with Gasteiger partial charge in [0.2, 0.25) is 0 Å². The maximum atomic E-state index is 4.48.